The Hall–Kier alpha value is -3.28. The molecule has 5 rings (SSSR count). The minimum atomic E-state index is -4.61. The molecule has 2 aliphatic heterocycles. The highest BCUT2D eigenvalue weighted by Crippen LogP contribution is 2.43. The van der Waals surface area contributed by atoms with E-state index in [0.29, 0.717) is 44.5 Å². The first kappa shape index (κ1) is 24.4. The summed E-state index contributed by atoms with van der Waals surface area (Å²) >= 11 is 0. The van der Waals surface area contributed by atoms with Crippen LogP contribution >= 0.6 is 0 Å². The number of piperidine rings is 1. The molecule has 1 aromatic carbocycles. The molecule has 1 aromatic heterocycles. The molecule has 36 heavy (non-hydrogen) atoms. The average molecular weight is 499 g/mol. The van der Waals surface area contributed by atoms with E-state index >= 15 is 0 Å². The molecule has 2 aromatic rings. The number of nitrogens with zero attached hydrogens (tertiary/aromatic N) is 4. The molecule has 0 atom stereocenters. The van der Waals surface area contributed by atoms with E-state index in [4.69, 9.17) is 16.1 Å². The lowest BCUT2D eigenvalue weighted by Crippen LogP contribution is -2.50. The summed E-state index contributed by atoms with van der Waals surface area (Å²) in [6, 6.07) is 7.48. The number of fused-ring (bicyclic) bond motifs is 1. The second-order valence-electron chi connectivity index (χ2n) is 9.90. The average Bonchev–Trinajstić information content (AvgIpc) is 2.88. The zero-order valence-corrected chi connectivity index (χ0v) is 20.3. The van der Waals surface area contributed by atoms with Gasteiger partial charge in [-0.3, -0.25) is 4.90 Å². The van der Waals surface area contributed by atoms with Crippen molar-refractivity contribution in [1.82, 2.24) is 9.97 Å². The Morgan fingerprint density at radius 2 is 1.81 bits per heavy atom. The zero-order valence-electron chi connectivity index (χ0n) is 20.3. The van der Waals surface area contributed by atoms with Gasteiger partial charge in [0.2, 0.25) is 5.95 Å². The molecule has 2 fully saturated rings. The molecule has 6 nitrogen and oxygen atoms in total. The highest BCUT2D eigenvalue weighted by Gasteiger charge is 2.43. The quantitative estimate of drug-likeness (QED) is 0.504. The molecule has 0 bridgehead atoms. The fraction of sp³-hybridized carbons (Fsp3) is 0.519. The molecule has 3 heterocycles. The summed E-state index contributed by atoms with van der Waals surface area (Å²) in [5.74, 6) is 2.87. The van der Waals surface area contributed by atoms with Crippen molar-refractivity contribution >= 4 is 17.7 Å². The van der Waals surface area contributed by atoms with Crippen LogP contribution < -0.4 is 9.80 Å². The summed E-state index contributed by atoms with van der Waals surface area (Å²) in [6.45, 7) is 2.50. The molecule has 190 valence electrons. The first-order valence-corrected chi connectivity index (χ1v) is 12.5. The zero-order chi connectivity index (χ0) is 25.5. The SMILES string of the molecule is C#CC1(c2nc(N3CCC(N4C(=O)OCc5ccccc54)CC3)nc(C(F)(F)F)c2C)CCCCC1. The molecule has 9 heteroatoms. The van der Waals surface area contributed by atoms with Crippen molar-refractivity contribution in [3.8, 4) is 12.3 Å². The highest BCUT2D eigenvalue weighted by atomic mass is 19.4. The number of cyclic esters (lactones) is 1. The van der Waals surface area contributed by atoms with Crippen LogP contribution in [0.2, 0.25) is 0 Å². The molecule has 3 aliphatic rings. The summed E-state index contributed by atoms with van der Waals surface area (Å²) in [7, 11) is 0. The van der Waals surface area contributed by atoms with Crippen molar-refractivity contribution in [1.29, 1.82) is 0 Å². The normalized spacial score (nSPS) is 20.5. The number of para-hydroxylation sites is 1. The second-order valence-corrected chi connectivity index (χ2v) is 9.90. The lowest BCUT2D eigenvalue weighted by molar-refractivity contribution is -0.141. The van der Waals surface area contributed by atoms with Crippen LogP contribution in [0.1, 0.15) is 67.5 Å². The fourth-order valence-electron chi connectivity index (χ4n) is 5.84. The summed E-state index contributed by atoms with van der Waals surface area (Å²) in [5, 5.41) is 0. The molecular weight excluding hydrogens is 469 g/mol. The van der Waals surface area contributed by atoms with Gasteiger partial charge in [-0.2, -0.15) is 13.2 Å². The number of aromatic nitrogens is 2. The van der Waals surface area contributed by atoms with Crippen LogP contribution in [0.25, 0.3) is 0 Å². The number of halogens is 3. The summed E-state index contributed by atoms with van der Waals surface area (Å²) in [6.07, 6.45) is 6.01. The topological polar surface area (TPSA) is 58.6 Å². The Morgan fingerprint density at radius 3 is 2.47 bits per heavy atom. The van der Waals surface area contributed by atoms with Crippen LogP contribution in [-0.2, 0) is 22.9 Å². The van der Waals surface area contributed by atoms with E-state index in [1.165, 1.54) is 6.92 Å². The Kier molecular flexibility index (Phi) is 6.31. The first-order valence-electron chi connectivity index (χ1n) is 12.5. The third-order valence-corrected chi connectivity index (χ3v) is 7.75. The first-order chi connectivity index (χ1) is 17.2. The molecule has 0 N–H and O–H groups in total. The van der Waals surface area contributed by atoms with E-state index in [-0.39, 0.29) is 24.2 Å². The lowest BCUT2D eigenvalue weighted by atomic mass is 9.71. The maximum Gasteiger partial charge on any atom is 0.433 e. The predicted molar refractivity (Wildman–Crippen MR) is 130 cm³/mol. The highest BCUT2D eigenvalue weighted by molar-refractivity contribution is 5.91. The number of ether oxygens (including phenoxy) is 1. The summed E-state index contributed by atoms with van der Waals surface area (Å²) < 4.78 is 47.5. The molecule has 0 unspecified atom stereocenters. The molecule has 1 amide bonds. The van der Waals surface area contributed by atoms with Gasteiger partial charge in [0.1, 0.15) is 6.61 Å². The van der Waals surface area contributed by atoms with Gasteiger partial charge in [0.15, 0.2) is 5.69 Å². The van der Waals surface area contributed by atoms with Gasteiger partial charge < -0.3 is 9.64 Å². The molecule has 0 spiro atoms. The van der Waals surface area contributed by atoms with Gasteiger partial charge in [-0.05, 0) is 38.7 Å². The molecule has 1 aliphatic carbocycles. The van der Waals surface area contributed by atoms with Gasteiger partial charge in [-0.15, -0.1) is 6.42 Å². The predicted octanol–water partition coefficient (Wildman–Crippen LogP) is 5.76. The van der Waals surface area contributed by atoms with Crippen molar-refractivity contribution in [3.63, 3.8) is 0 Å². The number of hydrogen-bond acceptors (Lipinski definition) is 5. The van der Waals surface area contributed by atoms with Gasteiger partial charge in [-0.25, -0.2) is 14.8 Å². The van der Waals surface area contributed by atoms with Gasteiger partial charge in [0.05, 0.1) is 16.8 Å². The molecular formula is C27H29F3N4O2. The fourth-order valence-corrected chi connectivity index (χ4v) is 5.84. The number of alkyl halides is 3. The van der Waals surface area contributed by atoms with E-state index in [1.807, 2.05) is 24.3 Å². The molecule has 0 radical (unpaired) electrons. The van der Waals surface area contributed by atoms with Crippen molar-refractivity contribution in [3.05, 3.63) is 46.8 Å². The minimum absolute atomic E-state index is 0.0219. The smallest absolute Gasteiger partial charge is 0.433 e. The number of carbonyl (C=O) groups is 1. The van der Waals surface area contributed by atoms with E-state index in [9.17, 15) is 18.0 Å². The Bertz CT molecular complexity index is 1190. The Balaban J connectivity index is 1.44. The minimum Gasteiger partial charge on any atom is -0.444 e. The van der Waals surface area contributed by atoms with E-state index < -0.39 is 23.4 Å². The van der Waals surface area contributed by atoms with Gasteiger partial charge in [0.25, 0.3) is 0 Å². The summed E-state index contributed by atoms with van der Waals surface area (Å²) in [4.78, 5) is 24.8. The van der Waals surface area contributed by atoms with Crippen LogP contribution in [-0.4, -0.2) is 35.2 Å². The van der Waals surface area contributed by atoms with Crippen LogP contribution in [0, 0.1) is 19.3 Å². The third-order valence-electron chi connectivity index (χ3n) is 7.75. The number of amides is 1. The third kappa shape index (κ3) is 4.27. The lowest BCUT2D eigenvalue weighted by Gasteiger charge is -2.40. The number of rotatable bonds is 3. The maximum absolute atomic E-state index is 14.0. The van der Waals surface area contributed by atoms with E-state index in [0.717, 1.165) is 30.5 Å². The molecule has 1 saturated heterocycles. The van der Waals surface area contributed by atoms with Gasteiger partial charge >= 0.3 is 12.3 Å². The second kappa shape index (κ2) is 9.30. The van der Waals surface area contributed by atoms with Gasteiger partial charge in [-0.1, -0.05) is 43.4 Å². The summed E-state index contributed by atoms with van der Waals surface area (Å²) in [5.41, 5.74) is 0.394. The van der Waals surface area contributed by atoms with Crippen LogP contribution in [0.5, 0.6) is 0 Å². The van der Waals surface area contributed by atoms with Crippen molar-refractivity contribution < 1.29 is 22.7 Å². The number of anilines is 2. The van der Waals surface area contributed by atoms with E-state index in [2.05, 4.69) is 10.9 Å². The van der Waals surface area contributed by atoms with E-state index in [1.54, 1.807) is 9.80 Å². The van der Waals surface area contributed by atoms with Crippen molar-refractivity contribution in [2.45, 2.75) is 76.1 Å². The number of hydrogen-bond donors (Lipinski definition) is 0. The molecule has 1 saturated carbocycles. The van der Waals surface area contributed by atoms with Crippen molar-refractivity contribution in [2.24, 2.45) is 0 Å². The Morgan fingerprint density at radius 1 is 1.11 bits per heavy atom. The maximum atomic E-state index is 14.0. The van der Waals surface area contributed by atoms with Crippen molar-refractivity contribution in [2.75, 3.05) is 22.9 Å². The van der Waals surface area contributed by atoms with Crippen LogP contribution in [0.4, 0.5) is 29.6 Å². The van der Waals surface area contributed by atoms with Gasteiger partial charge in [0, 0.05) is 30.3 Å². The monoisotopic (exact) mass is 498 g/mol. The van der Waals surface area contributed by atoms with Crippen LogP contribution in [0.3, 0.4) is 0 Å². The van der Waals surface area contributed by atoms with Crippen LogP contribution in [0.15, 0.2) is 24.3 Å². The standard InChI is InChI=1S/C27H29F3N4O2/c1-3-26(13-7-4-8-14-26)22-18(2)23(27(28,29)30)32-24(31-22)33-15-11-20(12-16-33)34-21-10-6-5-9-19(21)17-36-25(34)35/h1,5-6,9-10,20H,4,7-8,11-17H2,2H3. The number of benzene rings is 1. The number of terminal acetylenes is 1. The Labute approximate surface area is 208 Å². The number of carbonyl (C=O) groups excluding carboxylic acids is 1. The largest absolute Gasteiger partial charge is 0.444 e.